The van der Waals surface area contributed by atoms with E-state index < -0.39 is 13.4 Å². The van der Waals surface area contributed by atoms with Gasteiger partial charge in [-0.25, -0.2) is 0 Å². The zero-order valence-corrected chi connectivity index (χ0v) is 22.3. The molecule has 1 aliphatic heterocycles. The summed E-state index contributed by atoms with van der Waals surface area (Å²) in [6.07, 6.45) is 1.09. The van der Waals surface area contributed by atoms with Crippen molar-refractivity contribution in [3.63, 3.8) is 0 Å². The largest absolute Gasteiger partial charge is 0.381 e. The minimum atomic E-state index is -3.44. The Kier molecular flexibility index (Phi) is 10.1. The summed E-state index contributed by atoms with van der Waals surface area (Å²) >= 11 is 0. The lowest BCUT2D eigenvalue weighted by atomic mass is 9.80. The molecule has 7 heteroatoms. The Hall–Kier alpha value is 0.0300. The van der Waals surface area contributed by atoms with Crippen LogP contribution in [0.1, 0.15) is 82.6 Å². The number of hydroxylamine groups is 2. The van der Waals surface area contributed by atoms with Gasteiger partial charge >= 0.3 is 7.60 Å². The minimum absolute atomic E-state index is 0.244. The maximum absolute atomic E-state index is 13.9. The fourth-order valence-electron chi connectivity index (χ4n) is 4.14. The van der Waals surface area contributed by atoms with Crippen LogP contribution in [-0.4, -0.2) is 49.4 Å². The molecule has 1 aliphatic rings. The van der Waals surface area contributed by atoms with Crippen LogP contribution < -0.4 is 0 Å². The lowest BCUT2D eigenvalue weighted by Gasteiger charge is -2.47. The first kappa shape index (κ1) is 28.1. The van der Waals surface area contributed by atoms with E-state index in [0.717, 1.165) is 13.0 Å². The van der Waals surface area contributed by atoms with Crippen molar-refractivity contribution >= 4 is 7.60 Å². The van der Waals surface area contributed by atoms with Gasteiger partial charge in [-0.1, -0.05) is 41.5 Å². The predicted molar refractivity (Wildman–Crippen MR) is 124 cm³/mol. The molecule has 1 saturated heterocycles. The van der Waals surface area contributed by atoms with E-state index in [1.54, 1.807) is 0 Å². The van der Waals surface area contributed by atoms with Gasteiger partial charge in [0.25, 0.3) is 0 Å². The minimum Gasteiger partial charge on any atom is -0.381 e. The molecule has 0 saturated carbocycles. The van der Waals surface area contributed by atoms with Gasteiger partial charge in [0, 0.05) is 18.1 Å². The average molecular weight is 450 g/mol. The molecular weight excluding hydrogens is 401 g/mol. The van der Waals surface area contributed by atoms with Gasteiger partial charge in [0.2, 0.25) is 0 Å². The van der Waals surface area contributed by atoms with Gasteiger partial charge in [-0.15, -0.1) is 0 Å². The monoisotopic (exact) mass is 449 g/mol. The van der Waals surface area contributed by atoms with Crippen LogP contribution in [0.25, 0.3) is 0 Å². The van der Waals surface area contributed by atoms with E-state index in [1.165, 1.54) is 0 Å². The molecule has 3 atom stereocenters. The van der Waals surface area contributed by atoms with E-state index in [4.69, 9.17) is 18.6 Å². The third-order valence-electron chi connectivity index (χ3n) is 5.21. The van der Waals surface area contributed by atoms with E-state index in [2.05, 4.69) is 62.3 Å². The molecule has 180 valence electrons. The van der Waals surface area contributed by atoms with Crippen LogP contribution in [0.3, 0.4) is 0 Å². The molecule has 0 aromatic carbocycles. The summed E-state index contributed by atoms with van der Waals surface area (Å²) in [6, 6.07) is 0. The molecular formula is C23H48NO5P. The number of hydrogen-bond donors (Lipinski definition) is 0. The number of rotatable bonds is 10. The predicted octanol–water partition coefficient (Wildman–Crippen LogP) is 6.36. The third kappa shape index (κ3) is 8.18. The maximum Gasteiger partial charge on any atom is 0.350 e. The highest BCUT2D eigenvalue weighted by Gasteiger charge is 2.51. The topological polar surface area (TPSA) is 57.2 Å². The van der Waals surface area contributed by atoms with E-state index >= 15 is 0 Å². The Balaban J connectivity index is 3.17. The highest BCUT2D eigenvalue weighted by molar-refractivity contribution is 7.54. The van der Waals surface area contributed by atoms with E-state index in [9.17, 15) is 4.57 Å². The maximum atomic E-state index is 13.9. The van der Waals surface area contributed by atoms with Crippen molar-refractivity contribution in [1.29, 1.82) is 0 Å². The number of ether oxygens (including phenoxy) is 1. The van der Waals surface area contributed by atoms with Gasteiger partial charge in [-0.3, -0.25) is 9.40 Å². The zero-order chi connectivity index (χ0) is 23.4. The summed E-state index contributed by atoms with van der Waals surface area (Å²) < 4.78 is 31.3. The first-order chi connectivity index (χ1) is 13.5. The van der Waals surface area contributed by atoms with E-state index in [-0.39, 0.29) is 16.4 Å². The van der Waals surface area contributed by atoms with E-state index in [0.29, 0.717) is 38.3 Å². The first-order valence-electron chi connectivity index (χ1n) is 11.4. The highest BCUT2D eigenvalue weighted by atomic mass is 31.2. The lowest BCUT2D eigenvalue weighted by Crippen LogP contribution is -2.54. The molecule has 1 fully saturated rings. The second-order valence-corrected chi connectivity index (χ2v) is 13.8. The Bertz CT molecular complexity index is 551. The molecule has 30 heavy (non-hydrogen) atoms. The van der Waals surface area contributed by atoms with Crippen LogP contribution in [0, 0.1) is 22.7 Å². The molecule has 0 N–H and O–H groups in total. The normalized spacial score (nSPS) is 22.7. The Morgan fingerprint density at radius 3 is 1.83 bits per heavy atom. The van der Waals surface area contributed by atoms with Crippen molar-refractivity contribution in [2.75, 3.05) is 33.0 Å². The average Bonchev–Trinajstić information content (AvgIpc) is 2.94. The smallest absolute Gasteiger partial charge is 0.350 e. The first-order valence-corrected chi connectivity index (χ1v) is 13.0. The Morgan fingerprint density at radius 1 is 0.933 bits per heavy atom. The van der Waals surface area contributed by atoms with Crippen molar-refractivity contribution in [2.45, 2.75) is 93.9 Å². The van der Waals surface area contributed by atoms with Gasteiger partial charge in [0.15, 0.2) is 0 Å². The van der Waals surface area contributed by atoms with Crippen molar-refractivity contribution in [3.05, 3.63) is 0 Å². The molecule has 1 heterocycles. The fraction of sp³-hybridized carbons (Fsp3) is 1.00. The molecule has 0 bridgehead atoms. The summed E-state index contributed by atoms with van der Waals surface area (Å²) in [5.41, 5.74) is -0.529. The summed E-state index contributed by atoms with van der Waals surface area (Å²) in [6.45, 7) is 25.6. The summed E-state index contributed by atoms with van der Waals surface area (Å²) in [7, 11) is -3.44. The van der Waals surface area contributed by atoms with Gasteiger partial charge in [0.05, 0.1) is 26.4 Å². The third-order valence-corrected chi connectivity index (χ3v) is 8.03. The summed E-state index contributed by atoms with van der Waals surface area (Å²) in [5, 5.41) is 1.88. The van der Waals surface area contributed by atoms with Crippen LogP contribution >= 0.6 is 7.60 Å². The molecule has 0 radical (unpaired) electrons. The standard InChI is InChI=1S/C23H48NO5P/c1-12-28-30(25,29-13-2)20(22(6,7)8)24(23(9,10)11)27-17-19-16-26-15-18(19)14-21(3,4)5/h18-20H,12-17H2,1-11H3/t18-,19-,20?/m0/s1. The van der Waals surface area contributed by atoms with Crippen molar-refractivity contribution in [2.24, 2.45) is 22.7 Å². The number of nitrogens with zero attached hydrogens (tertiary/aromatic N) is 1. The lowest BCUT2D eigenvalue weighted by molar-refractivity contribution is -0.246. The van der Waals surface area contributed by atoms with Gasteiger partial charge in [-0.2, -0.15) is 5.06 Å². The van der Waals surface area contributed by atoms with Gasteiger partial charge < -0.3 is 13.8 Å². The highest BCUT2D eigenvalue weighted by Crippen LogP contribution is 2.60. The summed E-state index contributed by atoms with van der Waals surface area (Å²) in [4.78, 5) is 6.48. The van der Waals surface area contributed by atoms with E-state index in [1.807, 2.05) is 18.9 Å². The van der Waals surface area contributed by atoms with Crippen molar-refractivity contribution in [3.8, 4) is 0 Å². The Labute approximate surface area is 185 Å². The van der Waals surface area contributed by atoms with Gasteiger partial charge in [0.1, 0.15) is 5.78 Å². The van der Waals surface area contributed by atoms with Crippen LogP contribution in [-0.2, 0) is 23.2 Å². The molecule has 6 nitrogen and oxygen atoms in total. The van der Waals surface area contributed by atoms with Crippen LogP contribution in [0.15, 0.2) is 0 Å². The molecule has 0 spiro atoms. The van der Waals surface area contributed by atoms with Crippen molar-refractivity contribution in [1.82, 2.24) is 5.06 Å². The van der Waals surface area contributed by atoms with Crippen LogP contribution in [0.4, 0.5) is 0 Å². The molecule has 0 aliphatic carbocycles. The molecule has 0 aromatic rings. The molecule has 1 unspecified atom stereocenters. The Morgan fingerprint density at radius 2 is 1.43 bits per heavy atom. The molecule has 0 amide bonds. The fourth-order valence-corrected chi connectivity index (χ4v) is 6.83. The van der Waals surface area contributed by atoms with Crippen molar-refractivity contribution < 1.29 is 23.2 Å². The second kappa shape index (κ2) is 10.8. The summed E-state index contributed by atoms with van der Waals surface area (Å²) in [5.74, 6) is 0.243. The van der Waals surface area contributed by atoms with Crippen LogP contribution in [0.2, 0.25) is 0 Å². The molecule has 0 aromatic heterocycles. The zero-order valence-electron chi connectivity index (χ0n) is 21.4. The van der Waals surface area contributed by atoms with Crippen LogP contribution in [0.5, 0.6) is 0 Å². The quantitative estimate of drug-likeness (QED) is 0.286. The second-order valence-electron chi connectivity index (χ2n) is 11.7. The molecule has 1 rings (SSSR count). The van der Waals surface area contributed by atoms with Gasteiger partial charge in [-0.05, 0) is 57.8 Å². The SMILES string of the molecule is CCOP(=O)(OCC)C(N(OC[C@@H]1COC[C@@H]1CC(C)(C)C)C(C)(C)C)C(C)(C)C. The number of hydrogen-bond acceptors (Lipinski definition) is 6.